The Balaban J connectivity index is 2.34. The Bertz CT molecular complexity index is 761. The van der Waals surface area contributed by atoms with E-state index < -0.39 is 28.3 Å². The van der Waals surface area contributed by atoms with Crippen molar-refractivity contribution >= 4 is 17.3 Å². The molecule has 2 aliphatic carbocycles. The molecule has 0 radical (unpaired) electrons. The lowest BCUT2D eigenvalue weighted by Crippen LogP contribution is -2.56. The minimum Gasteiger partial charge on any atom is -0.497 e. The second kappa shape index (κ2) is 4.88. The lowest BCUT2D eigenvalue weighted by atomic mass is 9.50. The van der Waals surface area contributed by atoms with E-state index in [1.165, 1.54) is 0 Å². The van der Waals surface area contributed by atoms with Crippen LogP contribution in [0.15, 0.2) is 30.4 Å². The summed E-state index contributed by atoms with van der Waals surface area (Å²) < 4.78 is 5.28. The quantitative estimate of drug-likeness (QED) is 0.788. The summed E-state index contributed by atoms with van der Waals surface area (Å²) in [5.41, 5.74) is -0.383. The second-order valence-corrected chi connectivity index (χ2v) is 6.79. The summed E-state index contributed by atoms with van der Waals surface area (Å²) in [6.07, 6.45) is 3.85. The van der Waals surface area contributed by atoms with Crippen molar-refractivity contribution in [3.8, 4) is 5.75 Å². The topological polar surface area (TPSA) is 60.4 Å². The van der Waals surface area contributed by atoms with Crippen LogP contribution < -0.4 is 4.74 Å². The number of fused-ring (bicyclic) bond motifs is 3. The normalized spacial score (nSPS) is 32.5. The van der Waals surface area contributed by atoms with E-state index in [-0.39, 0.29) is 5.78 Å². The molecule has 0 fully saturated rings. The fourth-order valence-corrected chi connectivity index (χ4v) is 4.08. The molecule has 3 atom stereocenters. The van der Waals surface area contributed by atoms with Gasteiger partial charge >= 0.3 is 0 Å². The van der Waals surface area contributed by atoms with Crippen molar-refractivity contribution in [1.82, 2.24) is 0 Å². The van der Waals surface area contributed by atoms with Crippen LogP contribution in [0.4, 0.5) is 0 Å². The molecule has 1 unspecified atom stereocenters. The van der Waals surface area contributed by atoms with Crippen molar-refractivity contribution in [2.45, 2.75) is 32.6 Å². The van der Waals surface area contributed by atoms with E-state index in [0.29, 0.717) is 17.7 Å². The molecule has 0 spiro atoms. The van der Waals surface area contributed by atoms with Gasteiger partial charge < -0.3 is 4.74 Å². The number of carbonyl (C=O) groups is 3. The minimum absolute atomic E-state index is 0.0880. The molecule has 0 N–H and O–H groups in total. The van der Waals surface area contributed by atoms with Gasteiger partial charge in [-0.2, -0.15) is 0 Å². The van der Waals surface area contributed by atoms with Gasteiger partial charge in [0.05, 0.1) is 13.0 Å². The van der Waals surface area contributed by atoms with Crippen LogP contribution in [0.2, 0.25) is 0 Å². The third kappa shape index (κ3) is 1.87. The molecule has 0 amide bonds. The van der Waals surface area contributed by atoms with E-state index in [1.54, 1.807) is 38.3 Å². The van der Waals surface area contributed by atoms with Gasteiger partial charge in [0.2, 0.25) is 11.6 Å². The van der Waals surface area contributed by atoms with Gasteiger partial charge in [-0.1, -0.05) is 26.8 Å². The molecule has 0 aromatic heterocycles. The molecule has 0 saturated carbocycles. The predicted octanol–water partition coefficient (Wildman–Crippen LogP) is 2.89. The highest BCUT2D eigenvalue weighted by molar-refractivity contribution is 6.46. The third-order valence-corrected chi connectivity index (χ3v) is 5.65. The number of carbonyl (C=O) groups excluding carboxylic acids is 3. The number of Topliss-reactive ketones (excluding diaryl/α,β-unsaturated/α-hetero) is 2. The maximum absolute atomic E-state index is 12.8. The zero-order chi connectivity index (χ0) is 17.0. The van der Waals surface area contributed by atoms with Gasteiger partial charge in [0.25, 0.3) is 0 Å². The monoisotopic (exact) mass is 312 g/mol. The Morgan fingerprint density at radius 1 is 1.17 bits per heavy atom. The summed E-state index contributed by atoms with van der Waals surface area (Å²) >= 11 is 0. The molecule has 1 aromatic rings. The van der Waals surface area contributed by atoms with E-state index >= 15 is 0 Å². The first-order chi connectivity index (χ1) is 10.8. The first kappa shape index (κ1) is 15.7. The largest absolute Gasteiger partial charge is 0.497 e. The minimum atomic E-state index is -0.864. The van der Waals surface area contributed by atoms with Gasteiger partial charge in [-0.3, -0.25) is 14.4 Å². The van der Waals surface area contributed by atoms with Crippen molar-refractivity contribution in [3.05, 3.63) is 41.5 Å². The van der Waals surface area contributed by atoms with Crippen LogP contribution in [0.1, 0.15) is 43.1 Å². The summed E-state index contributed by atoms with van der Waals surface area (Å²) in [4.78, 5) is 37.9. The number of ketones is 3. The zero-order valence-corrected chi connectivity index (χ0v) is 13.8. The number of ether oxygens (including phenoxy) is 1. The number of rotatable bonds is 2. The number of benzene rings is 1. The molecule has 4 nitrogen and oxygen atoms in total. The maximum Gasteiger partial charge on any atom is 0.229 e. The van der Waals surface area contributed by atoms with Crippen molar-refractivity contribution in [2.24, 2.45) is 11.3 Å². The SMILES string of the molecule is CC[C@]1(C)C(=O)C=C[C@]2(C)c3cc(OC)ccc3C(=O)C(=O)C12. The Labute approximate surface area is 135 Å². The molecule has 3 rings (SSSR count). The molecular weight excluding hydrogens is 292 g/mol. The predicted molar refractivity (Wildman–Crippen MR) is 85.7 cm³/mol. The molecule has 23 heavy (non-hydrogen) atoms. The molecular formula is C19H20O4. The number of hydrogen-bond acceptors (Lipinski definition) is 4. The Kier molecular flexibility index (Phi) is 3.32. The number of methoxy groups -OCH3 is 1. The van der Waals surface area contributed by atoms with Gasteiger partial charge in [-0.05, 0) is 36.3 Å². The van der Waals surface area contributed by atoms with Crippen LogP contribution in [-0.2, 0) is 15.0 Å². The summed E-state index contributed by atoms with van der Waals surface area (Å²) in [5, 5.41) is 0. The molecule has 1 aromatic carbocycles. The van der Waals surface area contributed by atoms with E-state index in [2.05, 4.69) is 0 Å². The average Bonchev–Trinajstić information content (AvgIpc) is 2.56. The Hall–Kier alpha value is -2.23. The van der Waals surface area contributed by atoms with Crippen LogP contribution >= 0.6 is 0 Å². The van der Waals surface area contributed by atoms with Crippen LogP contribution in [-0.4, -0.2) is 24.5 Å². The highest BCUT2D eigenvalue weighted by Gasteiger charge is 2.59. The first-order valence-corrected chi connectivity index (χ1v) is 7.80. The van der Waals surface area contributed by atoms with Crippen molar-refractivity contribution in [2.75, 3.05) is 7.11 Å². The molecule has 120 valence electrons. The van der Waals surface area contributed by atoms with Crippen LogP contribution in [0, 0.1) is 11.3 Å². The smallest absolute Gasteiger partial charge is 0.229 e. The third-order valence-electron chi connectivity index (χ3n) is 5.65. The summed E-state index contributed by atoms with van der Waals surface area (Å²) in [6.45, 7) is 5.60. The highest BCUT2D eigenvalue weighted by Crippen LogP contribution is 2.53. The van der Waals surface area contributed by atoms with Gasteiger partial charge in [0.15, 0.2) is 5.78 Å². The standard InChI is InChI=1S/C19H20O4/c1-5-18(2)14(20)8-9-19(3)13-10-11(23-4)6-7-12(13)15(21)16(22)17(18)19/h6-10,17H,5H2,1-4H3/t17?,18-,19-/m1/s1. The van der Waals surface area contributed by atoms with Gasteiger partial charge in [0.1, 0.15) is 5.75 Å². The average molecular weight is 312 g/mol. The molecule has 4 heteroatoms. The maximum atomic E-state index is 12.8. The fourth-order valence-electron chi connectivity index (χ4n) is 4.08. The summed E-state index contributed by atoms with van der Waals surface area (Å²) in [7, 11) is 1.56. The molecule has 2 aliphatic rings. The fraction of sp³-hybridized carbons (Fsp3) is 0.421. The lowest BCUT2D eigenvalue weighted by Gasteiger charge is -2.49. The number of hydrogen-bond donors (Lipinski definition) is 0. The van der Waals surface area contributed by atoms with Gasteiger partial charge in [-0.25, -0.2) is 0 Å². The van der Waals surface area contributed by atoms with E-state index in [4.69, 9.17) is 4.74 Å². The highest BCUT2D eigenvalue weighted by atomic mass is 16.5. The van der Waals surface area contributed by atoms with Crippen molar-refractivity contribution in [3.63, 3.8) is 0 Å². The van der Waals surface area contributed by atoms with E-state index in [9.17, 15) is 14.4 Å². The summed E-state index contributed by atoms with van der Waals surface area (Å²) in [6, 6.07) is 5.14. The Morgan fingerprint density at radius 3 is 2.48 bits per heavy atom. The number of allylic oxidation sites excluding steroid dienone is 2. The second-order valence-electron chi connectivity index (χ2n) is 6.79. The van der Waals surface area contributed by atoms with Crippen molar-refractivity contribution in [1.29, 1.82) is 0 Å². The van der Waals surface area contributed by atoms with E-state index in [1.807, 2.05) is 19.9 Å². The molecule has 0 saturated heterocycles. The first-order valence-electron chi connectivity index (χ1n) is 7.80. The molecule has 0 bridgehead atoms. The Morgan fingerprint density at radius 2 is 1.87 bits per heavy atom. The zero-order valence-electron chi connectivity index (χ0n) is 13.8. The molecule has 0 aliphatic heterocycles. The van der Waals surface area contributed by atoms with Crippen molar-refractivity contribution < 1.29 is 19.1 Å². The van der Waals surface area contributed by atoms with E-state index in [0.717, 1.165) is 5.56 Å². The van der Waals surface area contributed by atoms with Gasteiger partial charge in [0, 0.05) is 16.4 Å². The van der Waals surface area contributed by atoms with Crippen LogP contribution in [0.5, 0.6) is 5.75 Å². The summed E-state index contributed by atoms with van der Waals surface area (Å²) in [5.74, 6) is -1.10. The van der Waals surface area contributed by atoms with Crippen LogP contribution in [0.25, 0.3) is 0 Å². The molecule has 0 heterocycles. The van der Waals surface area contributed by atoms with Crippen LogP contribution in [0.3, 0.4) is 0 Å². The lowest BCUT2D eigenvalue weighted by molar-refractivity contribution is -0.137. The van der Waals surface area contributed by atoms with Gasteiger partial charge in [-0.15, -0.1) is 0 Å².